The van der Waals surface area contributed by atoms with Crippen molar-refractivity contribution in [3.8, 4) is 0 Å². The predicted molar refractivity (Wildman–Crippen MR) is 94.5 cm³/mol. The molecule has 0 aliphatic carbocycles. The summed E-state index contributed by atoms with van der Waals surface area (Å²) in [6, 6.07) is 13.4. The molecule has 0 aliphatic heterocycles. The van der Waals surface area contributed by atoms with Crippen LogP contribution >= 0.6 is 23.2 Å². The Morgan fingerprint density at radius 1 is 1.00 bits per heavy atom. The normalized spacial score (nSPS) is 11.8. The zero-order chi connectivity index (χ0) is 17.5. The molecule has 0 spiro atoms. The van der Waals surface area contributed by atoms with Gasteiger partial charge in [-0.15, -0.1) is 0 Å². The summed E-state index contributed by atoms with van der Waals surface area (Å²) >= 11 is 12.1. The summed E-state index contributed by atoms with van der Waals surface area (Å²) in [5.74, 6) is -1.45. The maximum atomic E-state index is 12.1. The van der Waals surface area contributed by atoms with Crippen LogP contribution in [0.3, 0.4) is 0 Å². The van der Waals surface area contributed by atoms with Gasteiger partial charge in [-0.3, -0.25) is 4.79 Å². The molecule has 0 heterocycles. The number of rotatable bonds is 7. The molecule has 1 atom stereocenters. The van der Waals surface area contributed by atoms with Gasteiger partial charge in [0.25, 0.3) is 0 Å². The van der Waals surface area contributed by atoms with Gasteiger partial charge in [0.1, 0.15) is 6.04 Å². The first-order valence-corrected chi connectivity index (χ1v) is 8.22. The predicted octanol–water partition coefficient (Wildman–Crippen LogP) is 3.74. The molecule has 0 aliphatic rings. The molecule has 0 aromatic heterocycles. The first-order chi connectivity index (χ1) is 11.5. The molecule has 0 saturated heterocycles. The molecule has 0 saturated carbocycles. The number of carboxylic acid groups (broad SMARTS) is 1. The molecule has 24 heavy (non-hydrogen) atoms. The molecular formula is C18H17Cl2NO3. The maximum absolute atomic E-state index is 12.1. The minimum atomic E-state index is -1.13. The van der Waals surface area contributed by atoms with E-state index in [9.17, 15) is 14.7 Å². The molecule has 2 aromatic carbocycles. The Labute approximate surface area is 150 Å². The van der Waals surface area contributed by atoms with Crippen molar-refractivity contribution in [3.63, 3.8) is 0 Å². The molecule has 4 nitrogen and oxygen atoms in total. The van der Waals surface area contributed by atoms with Crippen LogP contribution in [0.5, 0.6) is 0 Å². The van der Waals surface area contributed by atoms with Crippen LogP contribution in [0, 0.1) is 0 Å². The number of carboxylic acids is 1. The number of benzene rings is 2. The number of aryl methyl sites for hydroxylation is 1. The third kappa shape index (κ3) is 5.25. The van der Waals surface area contributed by atoms with Crippen molar-refractivity contribution in [3.05, 3.63) is 69.7 Å². The SMILES string of the molecule is O=C(CCc1ccccc1)N[C@@H](Cc1c(Cl)cccc1Cl)C(=O)O. The summed E-state index contributed by atoms with van der Waals surface area (Å²) in [7, 11) is 0. The second-order valence-corrected chi connectivity index (χ2v) is 6.16. The van der Waals surface area contributed by atoms with Crippen molar-refractivity contribution in [1.29, 1.82) is 0 Å². The lowest BCUT2D eigenvalue weighted by Crippen LogP contribution is -2.42. The van der Waals surface area contributed by atoms with E-state index < -0.39 is 12.0 Å². The number of carbonyl (C=O) groups is 2. The van der Waals surface area contributed by atoms with E-state index in [1.165, 1.54) is 0 Å². The Balaban J connectivity index is 1.98. The molecule has 1 amide bonds. The van der Waals surface area contributed by atoms with Gasteiger partial charge in [-0.05, 0) is 29.7 Å². The molecule has 126 valence electrons. The third-order valence-electron chi connectivity index (χ3n) is 3.59. The number of carbonyl (C=O) groups excluding carboxylic acids is 1. The lowest BCUT2D eigenvalue weighted by atomic mass is 10.0. The molecule has 0 radical (unpaired) electrons. The Morgan fingerprint density at radius 2 is 1.62 bits per heavy atom. The van der Waals surface area contributed by atoms with Crippen LogP contribution in [0.2, 0.25) is 10.0 Å². The fourth-order valence-corrected chi connectivity index (χ4v) is 2.85. The highest BCUT2D eigenvalue weighted by Crippen LogP contribution is 2.25. The van der Waals surface area contributed by atoms with Crippen LogP contribution in [0.15, 0.2) is 48.5 Å². The first kappa shape index (κ1) is 18.3. The lowest BCUT2D eigenvalue weighted by Gasteiger charge is -2.16. The lowest BCUT2D eigenvalue weighted by molar-refractivity contribution is -0.141. The number of hydrogen-bond donors (Lipinski definition) is 2. The van der Waals surface area contributed by atoms with E-state index in [2.05, 4.69) is 5.32 Å². The molecule has 0 fully saturated rings. The highest BCUT2D eigenvalue weighted by atomic mass is 35.5. The van der Waals surface area contributed by atoms with Crippen LogP contribution in [-0.2, 0) is 22.4 Å². The van der Waals surface area contributed by atoms with Crippen LogP contribution in [0.25, 0.3) is 0 Å². The Kier molecular flexibility index (Phi) is 6.64. The maximum Gasteiger partial charge on any atom is 0.326 e. The van der Waals surface area contributed by atoms with Gasteiger partial charge in [-0.1, -0.05) is 59.6 Å². The molecular weight excluding hydrogens is 349 g/mol. The largest absolute Gasteiger partial charge is 0.480 e. The Morgan fingerprint density at radius 3 is 2.21 bits per heavy atom. The van der Waals surface area contributed by atoms with Crippen molar-refractivity contribution >= 4 is 35.1 Å². The van der Waals surface area contributed by atoms with E-state index in [0.717, 1.165) is 5.56 Å². The van der Waals surface area contributed by atoms with E-state index in [1.807, 2.05) is 30.3 Å². The minimum Gasteiger partial charge on any atom is -0.480 e. The van der Waals surface area contributed by atoms with E-state index >= 15 is 0 Å². The monoisotopic (exact) mass is 365 g/mol. The highest BCUT2D eigenvalue weighted by molar-refractivity contribution is 6.36. The molecule has 2 aromatic rings. The summed E-state index contributed by atoms with van der Waals surface area (Å²) in [5.41, 5.74) is 1.53. The van der Waals surface area contributed by atoms with Crippen LogP contribution in [0.4, 0.5) is 0 Å². The standard InChI is InChI=1S/C18H17Cl2NO3/c19-14-7-4-8-15(20)13(14)11-16(18(23)24)21-17(22)10-9-12-5-2-1-3-6-12/h1-8,16H,9-11H2,(H,21,22)(H,23,24)/t16-/m0/s1. The molecule has 6 heteroatoms. The van der Waals surface area contributed by atoms with Crippen molar-refractivity contribution in [2.75, 3.05) is 0 Å². The fraction of sp³-hybridized carbons (Fsp3) is 0.222. The summed E-state index contributed by atoms with van der Waals surface area (Å²) in [6.07, 6.45) is 0.792. The molecule has 2 rings (SSSR count). The van der Waals surface area contributed by atoms with Crippen molar-refractivity contribution in [1.82, 2.24) is 5.32 Å². The van der Waals surface area contributed by atoms with E-state index in [4.69, 9.17) is 23.2 Å². The second kappa shape index (κ2) is 8.71. The number of amides is 1. The van der Waals surface area contributed by atoms with Gasteiger partial charge in [0, 0.05) is 22.9 Å². The van der Waals surface area contributed by atoms with Gasteiger partial charge in [0.05, 0.1) is 0 Å². The van der Waals surface area contributed by atoms with E-state index in [1.54, 1.807) is 18.2 Å². The summed E-state index contributed by atoms with van der Waals surface area (Å²) in [6.45, 7) is 0. The quantitative estimate of drug-likeness (QED) is 0.785. The number of nitrogens with one attached hydrogen (secondary N) is 1. The number of hydrogen-bond acceptors (Lipinski definition) is 2. The van der Waals surface area contributed by atoms with Gasteiger partial charge in [-0.2, -0.15) is 0 Å². The third-order valence-corrected chi connectivity index (χ3v) is 4.30. The Hall–Kier alpha value is -2.04. The van der Waals surface area contributed by atoms with Gasteiger partial charge in [0.15, 0.2) is 0 Å². The fourth-order valence-electron chi connectivity index (χ4n) is 2.30. The average molecular weight is 366 g/mol. The van der Waals surface area contributed by atoms with Crippen molar-refractivity contribution in [2.45, 2.75) is 25.3 Å². The van der Waals surface area contributed by atoms with Crippen molar-refractivity contribution in [2.24, 2.45) is 0 Å². The highest BCUT2D eigenvalue weighted by Gasteiger charge is 2.22. The first-order valence-electron chi connectivity index (χ1n) is 7.46. The van der Waals surface area contributed by atoms with Crippen LogP contribution < -0.4 is 5.32 Å². The molecule has 0 unspecified atom stereocenters. The smallest absolute Gasteiger partial charge is 0.326 e. The van der Waals surface area contributed by atoms with Gasteiger partial charge in [0.2, 0.25) is 5.91 Å². The number of aliphatic carboxylic acids is 1. The Bertz CT molecular complexity index is 699. The van der Waals surface area contributed by atoms with Gasteiger partial charge >= 0.3 is 5.97 Å². The second-order valence-electron chi connectivity index (χ2n) is 5.35. The van der Waals surface area contributed by atoms with E-state index in [-0.39, 0.29) is 18.7 Å². The van der Waals surface area contributed by atoms with Crippen LogP contribution in [-0.4, -0.2) is 23.0 Å². The summed E-state index contributed by atoms with van der Waals surface area (Å²) in [5, 5.41) is 12.6. The van der Waals surface area contributed by atoms with E-state index in [0.29, 0.717) is 22.0 Å². The summed E-state index contributed by atoms with van der Waals surface area (Å²) in [4.78, 5) is 23.5. The molecule has 0 bridgehead atoms. The summed E-state index contributed by atoms with van der Waals surface area (Å²) < 4.78 is 0. The van der Waals surface area contributed by atoms with Gasteiger partial charge in [-0.25, -0.2) is 4.79 Å². The topological polar surface area (TPSA) is 66.4 Å². The zero-order valence-corrected chi connectivity index (χ0v) is 14.3. The average Bonchev–Trinajstić information content (AvgIpc) is 2.56. The van der Waals surface area contributed by atoms with Crippen LogP contribution in [0.1, 0.15) is 17.5 Å². The molecule has 2 N–H and O–H groups in total. The minimum absolute atomic E-state index is 0.0327. The zero-order valence-electron chi connectivity index (χ0n) is 12.8. The van der Waals surface area contributed by atoms with Gasteiger partial charge < -0.3 is 10.4 Å². The van der Waals surface area contributed by atoms with Crippen molar-refractivity contribution < 1.29 is 14.7 Å². The number of halogens is 2.